The molecule has 0 aromatic heterocycles. The van der Waals surface area contributed by atoms with Gasteiger partial charge in [-0.2, -0.15) is 0 Å². The smallest absolute Gasteiger partial charge is 0.311 e. The molecule has 2 rings (SSSR count). The van der Waals surface area contributed by atoms with Gasteiger partial charge in [-0.3, -0.25) is 14.4 Å². The van der Waals surface area contributed by atoms with Crippen LogP contribution in [0.1, 0.15) is 13.3 Å². The van der Waals surface area contributed by atoms with E-state index in [1.54, 1.807) is 11.8 Å². The summed E-state index contributed by atoms with van der Waals surface area (Å²) in [5.41, 5.74) is -0.848. The number of amides is 2. The molecule has 0 spiro atoms. The van der Waals surface area contributed by atoms with E-state index in [4.69, 9.17) is 5.11 Å². The van der Waals surface area contributed by atoms with Gasteiger partial charge in [0.15, 0.2) is 0 Å². The second-order valence-electron chi connectivity index (χ2n) is 5.00. The topological polar surface area (TPSA) is 77.9 Å². The van der Waals surface area contributed by atoms with E-state index < -0.39 is 11.4 Å². The lowest BCUT2D eigenvalue weighted by Crippen LogP contribution is -2.41. The number of hydrogen-bond acceptors (Lipinski definition) is 4. The van der Waals surface area contributed by atoms with Crippen molar-refractivity contribution >= 4 is 29.5 Å². The maximum Gasteiger partial charge on any atom is 0.311 e. The molecule has 2 aliphatic rings. The van der Waals surface area contributed by atoms with E-state index >= 15 is 0 Å². The van der Waals surface area contributed by atoms with Crippen molar-refractivity contribution in [2.75, 3.05) is 31.3 Å². The first kappa shape index (κ1) is 13.2. The van der Waals surface area contributed by atoms with Gasteiger partial charge in [0.25, 0.3) is 0 Å². The number of carboxylic acids is 1. The van der Waals surface area contributed by atoms with E-state index in [0.717, 1.165) is 0 Å². The largest absolute Gasteiger partial charge is 0.481 e. The highest BCUT2D eigenvalue weighted by atomic mass is 32.2. The van der Waals surface area contributed by atoms with Gasteiger partial charge in [-0.05, 0) is 13.3 Å². The monoisotopic (exact) mass is 272 g/mol. The van der Waals surface area contributed by atoms with Crippen molar-refractivity contribution in [3.8, 4) is 0 Å². The summed E-state index contributed by atoms with van der Waals surface area (Å²) in [5.74, 6) is -0.0654. The molecule has 18 heavy (non-hydrogen) atoms. The molecule has 100 valence electrons. The van der Waals surface area contributed by atoms with Crippen molar-refractivity contribution < 1.29 is 19.5 Å². The van der Waals surface area contributed by atoms with Gasteiger partial charge in [0.2, 0.25) is 11.8 Å². The normalized spacial score (nSPS) is 27.9. The first-order valence-corrected chi connectivity index (χ1v) is 6.94. The molecule has 0 saturated carbocycles. The van der Waals surface area contributed by atoms with Crippen LogP contribution in [0.3, 0.4) is 0 Å². The Labute approximate surface area is 109 Å². The van der Waals surface area contributed by atoms with Gasteiger partial charge in [-0.1, -0.05) is 0 Å². The van der Waals surface area contributed by atoms with E-state index in [-0.39, 0.29) is 24.9 Å². The molecule has 1 atom stereocenters. The molecule has 2 aliphatic heterocycles. The summed E-state index contributed by atoms with van der Waals surface area (Å²) < 4.78 is 0. The van der Waals surface area contributed by atoms with E-state index in [0.29, 0.717) is 24.6 Å². The first-order valence-electron chi connectivity index (χ1n) is 5.79. The maximum absolute atomic E-state index is 12.0. The Kier molecular flexibility index (Phi) is 3.52. The van der Waals surface area contributed by atoms with Gasteiger partial charge in [0.05, 0.1) is 17.0 Å². The zero-order valence-corrected chi connectivity index (χ0v) is 11.0. The fourth-order valence-corrected chi connectivity index (χ4v) is 3.06. The van der Waals surface area contributed by atoms with Crippen LogP contribution in [0, 0.1) is 5.41 Å². The lowest BCUT2D eigenvalue weighted by atomic mass is 9.90. The summed E-state index contributed by atoms with van der Waals surface area (Å²) in [6, 6.07) is 0. The summed E-state index contributed by atoms with van der Waals surface area (Å²) in [6.07, 6.45) is 0.469. The van der Waals surface area contributed by atoms with Crippen molar-refractivity contribution in [3.63, 3.8) is 0 Å². The van der Waals surface area contributed by atoms with Gasteiger partial charge in [0, 0.05) is 13.1 Å². The number of carboxylic acid groups (broad SMARTS) is 1. The molecule has 2 amide bonds. The molecule has 6 nitrogen and oxygen atoms in total. The number of nitrogens with zero attached hydrogens (tertiary/aromatic N) is 2. The zero-order valence-electron chi connectivity index (χ0n) is 10.2. The Morgan fingerprint density at radius 2 is 2.22 bits per heavy atom. The Balaban J connectivity index is 1.91. The van der Waals surface area contributed by atoms with Crippen LogP contribution in [0.5, 0.6) is 0 Å². The van der Waals surface area contributed by atoms with Gasteiger partial charge >= 0.3 is 5.97 Å². The summed E-state index contributed by atoms with van der Waals surface area (Å²) in [6.45, 7) is 2.41. The highest BCUT2D eigenvalue weighted by Gasteiger charge is 2.42. The predicted octanol–water partition coefficient (Wildman–Crippen LogP) is -0.157. The van der Waals surface area contributed by atoms with Crippen molar-refractivity contribution in [2.24, 2.45) is 5.41 Å². The first-order chi connectivity index (χ1) is 8.42. The van der Waals surface area contributed by atoms with E-state index in [1.807, 2.05) is 0 Å². The highest BCUT2D eigenvalue weighted by Crippen LogP contribution is 2.30. The number of rotatable bonds is 3. The van der Waals surface area contributed by atoms with Crippen LogP contribution in [0.4, 0.5) is 0 Å². The SMILES string of the molecule is CC1(C(=O)O)CCN(C(=O)CN2CSCC2=O)C1. The standard InChI is InChI=1S/C11H16N2O4S/c1-11(10(16)17)2-3-12(6-11)8(14)4-13-7-18-5-9(13)15/h2-7H2,1H3,(H,16,17). The highest BCUT2D eigenvalue weighted by molar-refractivity contribution is 8.00. The van der Waals surface area contributed by atoms with Gasteiger partial charge < -0.3 is 14.9 Å². The molecule has 7 heteroatoms. The molecular weight excluding hydrogens is 256 g/mol. The molecule has 1 N–H and O–H groups in total. The van der Waals surface area contributed by atoms with Crippen LogP contribution in [-0.2, 0) is 14.4 Å². The van der Waals surface area contributed by atoms with Crippen molar-refractivity contribution in [3.05, 3.63) is 0 Å². The summed E-state index contributed by atoms with van der Waals surface area (Å²) in [5, 5.41) is 9.09. The minimum absolute atomic E-state index is 0.0199. The molecule has 0 aromatic rings. The third-order valence-electron chi connectivity index (χ3n) is 3.49. The molecular formula is C11H16N2O4S. The van der Waals surface area contributed by atoms with Crippen LogP contribution < -0.4 is 0 Å². The molecule has 2 heterocycles. The number of carbonyl (C=O) groups excluding carboxylic acids is 2. The second kappa shape index (κ2) is 4.79. The lowest BCUT2D eigenvalue weighted by Gasteiger charge is -2.22. The maximum atomic E-state index is 12.0. The average molecular weight is 272 g/mol. The minimum atomic E-state index is -0.870. The molecule has 2 fully saturated rings. The molecule has 0 aromatic carbocycles. The third-order valence-corrected chi connectivity index (χ3v) is 4.44. The third kappa shape index (κ3) is 2.45. The Bertz CT molecular complexity index is 401. The number of likely N-dealkylation sites (tertiary alicyclic amines) is 1. The molecule has 0 aliphatic carbocycles. The van der Waals surface area contributed by atoms with Gasteiger partial charge in [0.1, 0.15) is 6.54 Å². The molecule has 1 unspecified atom stereocenters. The molecule has 0 radical (unpaired) electrons. The average Bonchev–Trinajstić information content (AvgIpc) is 2.87. The van der Waals surface area contributed by atoms with E-state index in [9.17, 15) is 14.4 Å². The van der Waals surface area contributed by atoms with Crippen LogP contribution >= 0.6 is 11.8 Å². The van der Waals surface area contributed by atoms with Crippen LogP contribution in [0.15, 0.2) is 0 Å². The number of carbonyl (C=O) groups is 3. The van der Waals surface area contributed by atoms with Crippen molar-refractivity contribution in [1.82, 2.24) is 9.80 Å². The quantitative estimate of drug-likeness (QED) is 0.772. The fourth-order valence-electron chi connectivity index (χ4n) is 2.15. The molecule has 0 bridgehead atoms. The minimum Gasteiger partial charge on any atom is -0.481 e. The molecule has 2 saturated heterocycles. The van der Waals surface area contributed by atoms with E-state index in [2.05, 4.69) is 0 Å². The summed E-state index contributed by atoms with van der Waals surface area (Å²) >= 11 is 1.49. The zero-order chi connectivity index (χ0) is 13.3. The number of aliphatic carboxylic acids is 1. The van der Waals surface area contributed by atoms with E-state index in [1.165, 1.54) is 16.7 Å². The van der Waals surface area contributed by atoms with Crippen LogP contribution in [0.2, 0.25) is 0 Å². The van der Waals surface area contributed by atoms with Crippen LogP contribution in [0.25, 0.3) is 0 Å². The predicted molar refractivity (Wildman–Crippen MR) is 66.0 cm³/mol. The Morgan fingerprint density at radius 1 is 1.50 bits per heavy atom. The summed E-state index contributed by atoms with van der Waals surface area (Å²) in [4.78, 5) is 37.5. The fraction of sp³-hybridized carbons (Fsp3) is 0.727. The van der Waals surface area contributed by atoms with Crippen LogP contribution in [-0.4, -0.2) is 64.0 Å². The van der Waals surface area contributed by atoms with Gasteiger partial charge in [-0.15, -0.1) is 11.8 Å². The summed E-state index contributed by atoms with van der Waals surface area (Å²) in [7, 11) is 0. The number of hydrogen-bond donors (Lipinski definition) is 1. The van der Waals surface area contributed by atoms with Crippen molar-refractivity contribution in [1.29, 1.82) is 0 Å². The Morgan fingerprint density at radius 3 is 2.72 bits per heavy atom. The number of thioether (sulfide) groups is 1. The van der Waals surface area contributed by atoms with Gasteiger partial charge in [-0.25, -0.2) is 0 Å². The Hall–Kier alpha value is -1.24. The van der Waals surface area contributed by atoms with Crippen molar-refractivity contribution in [2.45, 2.75) is 13.3 Å². The lowest BCUT2D eigenvalue weighted by molar-refractivity contribution is -0.147. The second-order valence-corrected chi connectivity index (χ2v) is 5.96.